The van der Waals surface area contributed by atoms with Crippen molar-refractivity contribution in [3.05, 3.63) is 72.9 Å². The Bertz CT molecular complexity index is 1180. The van der Waals surface area contributed by atoms with E-state index in [1.807, 2.05) is 18.2 Å². The number of phosphoric acid groups is 1. The van der Waals surface area contributed by atoms with Crippen molar-refractivity contribution < 1.29 is 47.8 Å². The summed E-state index contributed by atoms with van der Waals surface area (Å²) < 4.78 is 32.6. The summed E-state index contributed by atoms with van der Waals surface area (Å²) in [5.74, 6) is -1.05. The summed E-state index contributed by atoms with van der Waals surface area (Å²) in [7, 11) is -4.64. The van der Waals surface area contributed by atoms with Gasteiger partial charge in [-0.2, -0.15) is 0 Å². The SMILES string of the molecule is CCCCC/C=C/C/C=C/C/C=C/C/C=C/CCCC(=O)O[C@H](COC(=O)CCC/C=C/C/C=C/CCCCCCCCCCC)COP(=O)(O)OC[C@@H](O)CO. The monoisotopic (exact) mass is 823 g/mol. The highest BCUT2D eigenvalue weighted by Gasteiger charge is 2.27. The Balaban J connectivity index is 4.46. The van der Waals surface area contributed by atoms with Crippen LogP contribution in [-0.4, -0.2) is 65.7 Å². The number of aliphatic hydroxyl groups excluding tert-OH is 2. The zero-order chi connectivity index (χ0) is 41.9. The minimum absolute atomic E-state index is 0.0965. The van der Waals surface area contributed by atoms with Crippen LogP contribution in [0.25, 0.3) is 0 Å². The molecule has 0 amide bonds. The van der Waals surface area contributed by atoms with Gasteiger partial charge in [0.2, 0.25) is 0 Å². The molecule has 0 fully saturated rings. The van der Waals surface area contributed by atoms with Crippen LogP contribution in [0.1, 0.15) is 168 Å². The predicted molar refractivity (Wildman–Crippen MR) is 233 cm³/mol. The first-order valence-corrected chi connectivity index (χ1v) is 23.4. The van der Waals surface area contributed by atoms with Crippen molar-refractivity contribution in [2.75, 3.05) is 26.4 Å². The molecule has 0 aliphatic rings. The van der Waals surface area contributed by atoms with Gasteiger partial charge in [-0.15, -0.1) is 0 Å². The van der Waals surface area contributed by atoms with Crippen LogP contribution in [0.2, 0.25) is 0 Å². The molecule has 328 valence electrons. The second-order valence-electron chi connectivity index (χ2n) is 14.4. The summed E-state index contributed by atoms with van der Waals surface area (Å²) in [6.07, 6.45) is 47.4. The Kier molecular flexibility index (Phi) is 39.7. The normalized spacial score (nSPS) is 14.5. The average Bonchev–Trinajstić information content (AvgIpc) is 3.20. The number of aliphatic hydroxyl groups is 2. The van der Waals surface area contributed by atoms with Crippen LogP contribution >= 0.6 is 7.82 Å². The van der Waals surface area contributed by atoms with Gasteiger partial charge >= 0.3 is 19.8 Å². The molecule has 0 aliphatic carbocycles. The van der Waals surface area contributed by atoms with E-state index in [1.54, 1.807) is 0 Å². The molecule has 3 N–H and O–H groups in total. The average molecular weight is 823 g/mol. The maximum atomic E-state index is 12.6. The van der Waals surface area contributed by atoms with Gasteiger partial charge in [0.05, 0.1) is 19.8 Å². The third kappa shape index (κ3) is 41.4. The number of esters is 2. The Hall–Kier alpha value is -2.59. The molecule has 0 spiro atoms. The Morgan fingerprint density at radius 2 is 0.912 bits per heavy atom. The fourth-order valence-electron chi connectivity index (χ4n) is 5.44. The van der Waals surface area contributed by atoms with E-state index in [0.29, 0.717) is 25.7 Å². The van der Waals surface area contributed by atoms with Crippen molar-refractivity contribution in [1.82, 2.24) is 0 Å². The fraction of sp³-hybridized carbons (Fsp3) is 0.696. The molecule has 1 unspecified atom stereocenters. The van der Waals surface area contributed by atoms with Gasteiger partial charge in [0.1, 0.15) is 12.7 Å². The Morgan fingerprint density at radius 3 is 1.40 bits per heavy atom. The molecule has 0 bridgehead atoms. The molecule has 10 nitrogen and oxygen atoms in total. The van der Waals surface area contributed by atoms with E-state index < -0.39 is 51.8 Å². The van der Waals surface area contributed by atoms with Crippen molar-refractivity contribution in [1.29, 1.82) is 0 Å². The molecule has 0 rings (SSSR count). The number of ether oxygens (including phenoxy) is 2. The van der Waals surface area contributed by atoms with Gasteiger partial charge in [0.15, 0.2) is 6.10 Å². The predicted octanol–water partition coefficient (Wildman–Crippen LogP) is 11.7. The third-order valence-electron chi connectivity index (χ3n) is 8.83. The van der Waals surface area contributed by atoms with Crippen molar-refractivity contribution in [2.24, 2.45) is 0 Å². The van der Waals surface area contributed by atoms with Crippen LogP contribution in [0, 0.1) is 0 Å². The Labute approximate surface area is 346 Å². The highest BCUT2D eigenvalue weighted by atomic mass is 31.2. The number of hydrogen-bond donors (Lipinski definition) is 3. The highest BCUT2D eigenvalue weighted by Crippen LogP contribution is 2.43. The van der Waals surface area contributed by atoms with Crippen LogP contribution in [-0.2, 0) is 32.7 Å². The van der Waals surface area contributed by atoms with Gasteiger partial charge in [-0.3, -0.25) is 18.6 Å². The highest BCUT2D eigenvalue weighted by molar-refractivity contribution is 7.47. The lowest BCUT2D eigenvalue weighted by atomic mass is 10.1. The molecular weight excluding hydrogens is 743 g/mol. The number of hydrogen-bond acceptors (Lipinski definition) is 9. The molecule has 0 aromatic carbocycles. The largest absolute Gasteiger partial charge is 0.472 e. The molecule has 0 aromatic rings. The van der Waals surface area contributed by atoms with Gasteiger partial charge < -0.3 is 24.6 Å². The first-order chi connectivity index (χ1) is 27.7. The zero-order valence-corrected chi connectivity index (χ0v) is 36.4. The smallest absolute Gasteiger partial charge is 0.462 e. The summed E-state index contributed by atoms with van der Waals surface area (Å²) in [4.78, 5) is 34.9. The van der Waals surface area contributed by atoms with Crippen LogP contribution in [0.4, 0.5) is 0 Å². The van der Waals surface area contributed by atoms with Crippen LogP contribution in [0.5, 0.6) is 0 Å². The van der Waals surface area contributed by atoms with E-state index in [9.17, 15) is 24.2 Å². The van der Waals surface area contributed by atoms with E-state index in [1.165, 1.54) is 77.0 Å². The molecule has 0 aromatic heterocycles. The van der Waals surface area contributed by atoms with Crippen LogP contribution < -0.4 is 0 Å². The van der Waals surface area contributed by atoms with E-state index in [2.05, 4.69) is 73.1 Å². The molecule has 0 saturated heterocycles. The molecule has 3 atom stereocenters. The topological polar surface area (TPSA) is 149 Å². The summed E-state index contributed by atoms with van der Waals surface area (Å²) in [5, 5.41) is 18.3. The van der Waals surface area contributed by atoms with E-state index in [0.717, 1.165) is 38.5 Å². The third-order valence-corrected chi connectivity index (χ3v) is 9.78. The van der Waals surface area contributed by atoms with Crippen molar-refractivity contribution >= 4 is 19.8 Å². The van der Waals surface area contributed by atoms with E-state index in [-0.39, 0.29) is 19.4 Å². The second-order valence-corrected chi connectivity index (χ2v) is 15.8. The van der Waals surface area contributed by atoms with Gasteiger partial charge in [0.25, 0.3) is 0 Å². The quantitative estimate of drug-likeness (QED) is 0.0236. The molecule has 0 aliphatic heterocycles. The summed E-state index contributed by atoms with van der Waals surface area (Å²) in [6.45, 7) is 2.23. The summed E-state index contributed by atoms with van der Waals surface area (Å²) in [6, 6.07) is 0. The van der Waals surface area contributed by atoms with Crippen LogP contribution in [0.3, 0.4) is 0 Å². The van der Waals surface area contributed by atoms with Crippen molar-refractivity contribution in [3.8, 4) is 0 Å². The standard InChI is InChI=1S/C46H79O10P/c1-3-5-7-9-11-13-15-17-19-21-23-25-27-29-31-33-35-37-45(49)53-41-44(42-55-57(51,52)54-40-43(48)39-47)56-46(50)38-36-34-32-30-28-26-24-22-20-18-16-14-12-10-8-6-4-2/h12,14,18,20,23-26,29-32,43-44,47-48H,3-11,13,15-17,19,21-22,27-28,33-42H2,1-2H3,(H,51,52)/b14-12+,20-18+,25-23+,26-24+,31-29+,32-30+/t43-,44+/m0/s1. The fourth-order valence-corrected chi connectivity index (χ4v) is 6.23. The molecule has 0 heterocycles. The molecular formula is C46H79O10P. The van der Waals surface area contributed by atoms with Gasteiger partial charge in [-0.1, -0.05) is 151 Å². The number of carbonyl (C=O) groups is 2. The number of carbonyl (C=O) groups excluding carboxylic acids is 2. The van der Waals surface area contributed by atoms with E-state index in [4.69, 9.17) is 19.1 Å². The van der Waals surface area contributed by atoms with Crippen molar-refractivity contribution in [3.63, 3.8) is 0 Å². The number of allylic oxidation sites excluding steroid dienone is 12. The van der Waals surface area contributed by atoms with Crippen molar-refractivity contribution in [2.45, 2.75) is 180 Å². The van der Waals surface area contributed by atoms with Gasteiger partial charge in [-0.25, -0.2) is 4.57 Å². The Morgan fingerprint density at radius 1 is 0.526 bits per heavy atom. The van der Waals surface area contributed by atoms with Gasteiger partial charge in [0, 0.05) is 12.8 Å². The summed E-state index contributed by atoms with van der Waals surface area (Å²) >= 11 is 0. The lowest BCUT2D eigenvalue weighted by Crippen LogP contribution is -2.29. The first-order valence-electron chi connectivity index (χ1n) is 21.9. The minimum Gasteiger partial charge on any atom is -0.462 e. The summed E-state index contributed by atoms with van der Waals surface area (Å²) in [5.41, 5.74) is 0. The lowest BCUT2D eigenvalue weighted by molar-refractivity contribution is -0.161. The maximum Gasteiger partial charge on any atom is 0.472 e. The maximum absolute atomic E-state index is 12.6. The minimum atomic E-state index is -4.64. The number of phosphoric ester groups is 1. The van der Waals surface area contributed by atoms with Gasteiger partial charge in [-0.05, 0) is 77.0 Å². The molecule has 11 heteroatoms. The number of rotatable bonds is 40. The molecule has 0 radical (unpaired) electrons. The van der Waals surface area contributed by atoms with E-state index >= 15 is 0 Å². The van der Waals surface area contributed by atoms with Crippen LogP contribution in [0.15, 0.2) is 72.9 Å². The molecule has 57 heavy (non-hydrogen) atoms. The molecule has 0 saturated carbocycles. The lowest BCUT2D eigenvalue weighted by Gasteiger charge is -2.20. The zero-order valence-electron chi connectivity index (χ0n) is 35.5. The second kappa shape index (κ2) is 41.6. The number of unbranched alkanes of at least 4 members (excludes halogenated alkanes) is 14. The first kappa shape index (κ1) is 54.4.